The van der Waals surface area contributed by atoms with Crippen molar-refractivity contribution in [3.05, 3.63) is 34.9 Å². The predicted molar refractivity (Wildman–Crippen MR) is 95.4 cm³/mol. The van der Waals surface area contributed by atoms with E-state index >= 15 is 0 Å². The summed E-state index contributed by atoms with van der Waals surface area (Å²) in [7, 11) is 0. The summed E-state index contributed by atoms with van der Waals surface area (Å²) >= 11 is 0. The van der Waals surface area contributed by atoms with E-state index in [1.807, 2.05) is 32.0 Å². The van der Waals surface area contributed by atoms with Gasteiger partial charge in [-0.1, -0.05) is 17.7 Å². The van der Waals surface area contributed by atoms with Gasteiger partial charge in [0.2, 0.25) is 5.91 Å². The van der Waals surface area contributed by atoms with E-state index in [0.29, 0.717) is 6.04 Å². The standard InChI is InChI=1S/C18H26N2O2.ClH/c1-12-6-7-13(2)15(11-12)17(21)8-9-18(22)20-16-5-4-10-19-14(16)3;/h6-7,11,14,16,19H,4-5,8-10H2,1-3H3,(H,20,22);1H. The van der Waals surface area contributed by atoms with Gasteiger partial charge in [0.15, 0.2) is 5.78 Å². The van der Waals surface area contributed by atoms with Crippen LogP contribution in [0.15, 0.2) is 18.2 Å². The number of Topliss-reactive ketones (excluding diaryl/α,β-unsaturated/α-hetero) is 1. The highest BCUT2D eigenvalue weighted by Gasteiger charge is 2.22. The van der Waals surface area contributed by atoms with E-state index in [-0.39, 0.29) is 43.0 Å². The van der Waals surface area contributed by atoms with E-state index in [1.54, 1.807) is 0 Å². The van der Waals surface area contributed by atoms with Crippen LogP contribution in [-0.4, -0.2) is 30.3 Å². The molecule has 23 heavy (non-hydrogen) atoms. The number of piperidine rings is 1. The zero-order valence-corrected chi connectivity index (χ0v) is 15.0. The van der Waals surface area contributed by atoms with E-state index in [1.165, 1.54) is 0 Å². The van der Waals surface area contributed by atoms with Crippen molar-refractivity contribution in [1.82, 2.24) is 10.6 Å². The lowest BCUT2D eigenvalue weighted by molar-refractivity contribution is -0.122. The van der Waals surface area contributed by atoms with Crippen LogP contribution in [0.25, 0.3) is 0 Å². The first-order valence-corrected chi connectivity index (χ1v) is 8.10. The lowest BCUT2D eigenvalue weighted by Crippen LogP contribution is -2.51. The number of amides is 1. The number of aryl methyl sites for hydroxylation is 2. The van der Waals surface area contributed by atoms with Crippen LogP contribution in [0, 0.1) is 13.8 Å². The van der Waals surface area contributed by atoms with Crippen molar-refractivity contribution >= 4 is 24.1 Å². The molecule has 1 amide bonds. The number of carbonyl (C=O) groups is 2. The first kappa shape index (κ1) is 19.7. The van der Waals surface area contributed by atoms with Crippen LogP contribution in [0.5, 0.6) is 0 Å². The maximum absolute atomic E-state index is 12.3. The molecule has 2 atom stereocenters. The van der Waals surface area contributed by atoms with Gasteiger partial charge in [0, 0.05) is 30.5 Å². The summed E-state index contributed by atoms with van der Waals surface area (Å²) in [5, 5.41) is 6.41. The fourth-order valence-electron chi connectivity index (χ4n) is 2.92. The Hall–Kier alpha value is -1.39. The molecular weight excluding hydrogens is 312 g/mol. The molecule has 1 aliphatic rings. The smallest absolute Gasteiger partial charge is 0.220 e. The monoisotopic (exact) mass is 338 g/mol. The highest BCUT2D eigenvalue weighted by Crippen LogP contribution is 2.14. The van der Waals surface area contributed by atoms with E-state index in [4.69, 9.17) is 0 Å². The maximum atomic E-state index is 12.3. The molecule has 0 aliphatic carbocycles. The van der Waals surface area contributed by atoms with Crippen molar-refractivity contribution in [2.75, 3.05) is 6.54 Å². The van der Waals surface area contributed by atoms with Gasteiger partial charge >= 0.3 is 0 Å². The first-order valence-electron chi connectivity index (χ1n) is 8.10. The van der Waals surface area contributed by atoms with Crippen LogP contribution in [-0.2, 0) is 4.79 Å². The predicted octanol–water partition coefficient (Wildman–Crippen LogP) is 2.94. The molecule has 1 saturated heterocycles. The average molecular weight is 339 g/mol. The fraction of sp³-hybridized carbons (Fsp3) is 0.556. The van der Waals surface area contributed by atoms with E-state index < -0.39 is 0 Å². The van der Waals surface area contributed by atoms with Gasteiger partial charge < -0.3 is 10.6 Å². The van der Waals surface area contributed by atoms with Gasteiger partial charge in [-0.25, -0.2) is 0 Å². The number of benzene rings is 1. The Morgan fingerprint density at radius 1 is 1.26 bits per heavy atom. The zero-order chi connectivity index (χ0) is 16.1. The van der Waals surface area contributed by atoms with Gasteiger partial charge in [0.05, 0.1) is 0 Å². The van der Waals surface area contributed by atoms with Crippen molar-refractivity contribution < 1.29 is 9.59 Å². The average Bonchev–Trinajstić information content (AvgIpc) is 2.49. The Labute approximate surface area is 144 Å². The molecule has 1 heterocycles. The number of ketones is 1. The van der Waals surface area contributed by atoms with Gasteiger partial charge in [-0.15, -0.1) is 12.4 Å². The van der Waals surface area contributed by atoms with E-state index in [2.05, 4.69) is 17.6 Å². The van der Waals surface area contributed by atoms with Gasteiger partial charge in [-0.3, -0.25) is 9.59 Å². The number of rotatable bonds is 5. The lowest BCUT2D eigenvalue weighted by atomic mass is 9.98. The summed E-state index contributed by atoms with van der Waals surface area (Å²) < 4.78 is 0. The molecule has 0 saturated carbocycles. The van der Waals surface area contributed by atoms with Gasteiger partial charge in [-0.2, -0.15) is 0 Å². The molecule has 2 N–H and O–H groups in total. The van der Waals surface area contributed by atoms with Gasteiger partial charge in [0.1, 0.15) is 0 Å². The Kier molecular flexibility index (Phi) is 7.73. The lowest BCUT2D eigenvalue weighted by Gasteiger charge is -2.30. The summed E-state index contributed by atoms with van der Waals surface area (Å²) in [6.45, 7) is 7.01. The van der Waals surface area contributed by atoms with Crippen molar-refractivity contribution in [2.45, 2.75) is 58.5 Å². The Morgan fingerprint density at radius 2 is 2.00 bits per heavy atom. The topological polar surface area (TPSA) is 58.2 Å². The summed E-state index contributed by atoms with van der Waals surface area (Å²) in [6.07, 6.45) is 2.61. The Balaban J connectivity index is 0.00000264. The van der Waals surface area contributed by atoms with Crippen LogP contribution in [0.4, 0.5) is 0 Å². The van der Waals surface area contributed by atoms with E-state index in [9.17, 15) is 9.59 Å². The van der Waals surface area contributed by atoms with Gasteiger partial charge in [0.25, 0.3) is 0 Å². The normalized spacial score (nSPS) is 20.5. The third-order valence-electron chi connectivity index (χ3n) is 4.38. The van der Waals surface area contributed by atoms with Crippen molar-refractivity contribution in [1.29, 1.82) is 0 Å². The minimum absolute atomic E-state index is 0. The molecule has 0 aromatic heterocycles. The molecule has 5 heteroatoms. The molecule has 2 rings (SSSR count). The molecule has 0 radical (unpaired) electrons. The second-order valence-electron chi connectivity index (χ2n) is 6.30. The summed E-state index contributed by atoms with van der Waals surface area (Å²) in [6, 6.07) is 6.33. The molecule has 128 valence electrons. The van der Waals surface area contributed by atoms with Crippen LogP contribution in [0.3, 0.4) is 0 Å². The number of nitrogens with one attached hydrogen (secondary N) is 2. The fourth-order valence-corrected chi connectivity index (χ4v) is 2.92. The summed E-state index contributed by atoms with van der Waals surface area (Å²) in [5.74, 6) is 0.0189. The molecule has 0 spiro atoms. The van der Waals surface area contributed by atoms with Crippen LogP contribution < -0.4 is 10.6 Å². The Morgan fingerprint density at radius 3 is 2.70 bits per heavy atom. The zero-order valence-electron chi connectivity index (χ0n) is 14.1. The first-order chi connectivity index (χ1) is 10.5. The third kappa shape index (κ3) is 5.63. The molecule has 1 aliphatic heterocycles. The molecule has 1 aromatic carbocycles. The van der Waals surface area contributed by atoms with Crippen LogP contribution in [0.1, 0.15) is 54.1 Å². The van der Waals surface area contributed by atoms with Crippen molar-refractivity contribution in [3.8, 4) is 0 Å². The quantitative estimate of drug-likeness (QED) is 0.811. The number of hydrogen-bond donors (Lipinski definition) is 2. The highest BCUT2D eigenvalue weighted by molar-refractivity contribution is 5.99. The highest BCUT2D eigenvalue weighted by atomic mass is 35.5. The second-order valence-corrected chi connectivity index (χ2v) is 6.30. The molecule has 4 nitrogen and oxygen atoms in total. The maximum Gasteiger partial charge on any atom is 0.220 e. The molecule has 1 aromatic rings. The third-order valence-corrected chi connectivity index (χ3v) is 4.38. The number of carbonyl (C=O) groups excluding carboxylic acids is 2. The van der Waals surface area contributed by atoms with Crippen molar-refractivity contribution in [2.24, 2.45) is 0 Å². The number of halogens is 1. The molecule has 1 fully saturated rings. The van der Waals surface area contributed by atoms with Crippen LogP contribution >= 0.6 is 12.4 Å². The second kappa shape index (κ2) is 9.04. The minimum Gasteiger partial charge on any atom is -0.352 e. The molecule has 0 bridgehead atoms. The largest absolute Gasteiger partial charge is 0.352 e. The molecule has 2 unspecified atom stereocenters. The van der Waals surface area contributed by atoms with Crippen LogP contribution in [0.2, 0.25) is 0 Å². The Bertz CT molecular complexity index is 560. The number of hydrogen-bond acceptors (Lipinski definition) is 3. The van der Waals surface area contributed by atoms with Gasteiger partial charge in [-0.05, 0) is 51.8 Å². The summed E-state index contributed by atoms with van der Waals surface area (Å²) in [4.78, 5) is 24.3. The molecular formula is C18H27ClN2O2. The minimum atomic E-state index is -0.0285. The SMILES string of the molecule is Cc1ccc(C)c(C(=O)CCC(=O)NC2CCCNC2C)c1.Cl. The summed E-state index contributed by atoms with van der Waals surface area (Å²) in [5.41, 5.74) is 2.78. The van der Waals surface area contributed by atoms with E-state index in [0.717, 1.165) is 36.1 Å². The van der Waals surface area contributed by atoms with Crippen molar-refractivity contribution in [3.63, 3.8) is 0 Å².